The highest BCUT2D eigenvalue weighted by Crippen LogP contribution is 2.70. The van der Waals surface area contributed by atoms with Crippen molar-refractivity contribution in [1.82, 2.24) is 0 Å². The summed E-state index contributed by atoms with van der Waals surface area (Å²) >= 11 is 0. The van der Waals surface area contributed by atoms with Gasteiger partial charge in [0.15, 0.2) is 11.6 Å². The van der Waals surface area contributed by atoms with Gasteiger partial charge in [0.25, 0.3) is 0 Å². The molecule has 4 aromatic rings. The summed E-state index contributed by atoms with van der Waals surface area (Å²) in [5.41, 5.74) is 1.54. The Morgan fingerprint density at radius 1 is 0.658 bits per heavy atom. The maximum Gasteiger partial charge on any atom is 0.307 e. The highest BCUT2D eigenvalue weighted by atomic mass is 32.3. The number of hydrogen-bond donors (Lipinski definition) is 0. The van der Waals surface area contributed by atoms with Gasteiger partial charge in [-0.15, -0.1) is 0 Å². The largest absolute Gasteiger partial charge is 0.307 e. The van der Waals surface area contributed by atoms with Gasteiger partial charge in [-0.25, -0.2) is 12.4 Å². The number of halogens is 2. The van der Waals surface area contributed by atoms with E-state index in [4.69, 9.17) is 3.63 Å². The molecule has 4 rings (SSSR count). The summed E-state index contributed by atoms with van der Waals surface area (Å²) in [5, 5.41) is 0. The molecule has 5 nitrogen and oxygen atoms in total. The first-order chi connectivity index (χ1) is 17.9. The molecule has 0 unspecified atom stereocenters. The second-order valence-corrected chi connectivity index (χ2v) is 13.0. The van der Waals surface area contributed by atoms with Gasteiger partial charge in [0.1, 0.15) is 11.6 Å². The molecule has 0 radical (unpaired) electrons. The fourth-order valence-corrected chi connectivity index (χ4v) is 9.05. The highest BCUT2D eigenvalue weighted by Gasteiger charge is 2.40. The molecule has 0 aliphatic carbocycles. The molecule has 0 aliphatic rings. The SMILES string of the molecule is CC(=O)c1ccc(S(OS(=O)(=O)c2ccc(C)cc2)(c2ccc(C(C)=O)cc2)c2ccc(F)cc2F)cc1. The quantitative estimate of drug-likeness (QED) is 0.214. The Morgan fingerprint density at radius 3 is 1.53 bits per heavy atom. The fourth-order valence-electron chi connectivity index (χ4n) is 3.85. The number of hydrogen-bond acceptors (Lipinski definition) is 5. The Morgan fingerprint density at radius 2 is 1.11 bits per heavy atom. The molecule has 0 saturated heterocycles. The van der Waals surface area contributed by atoms with Crippen molar-refractivity contribution in [3.05, 3.63) is 119 Å². The van der Waals surface area contributed by atoms with Crippen LogP contribution in [0.5, 0.6) is 0 Å². The molecule has 0 spiro atoms. The number of ketones is 2. The van der Waals surface area contributed by atoms with Crippen molar-refractivity contribution in [2.75, 3.05) is 0 Å². The van der Waals surface area contributed by atoms with Gasteiger partial charge < -0.3 is 0 Å². The van der Waals surface area contributed by atoms with Gasteiger partial charge in [0.05, 0.1) is 9.79 Å². The lowest BCUT2D eigenvalue weighted by molar-refractivity contribution is 0.100. The lowest BCUT2D eigenvalue weighted by Crippen LogP contribution is -2.16. The third-order valence-electron chi connectivity index (χ3n) is 5.89. The number of benzene rings is 4. The van der Waals surface area contributed by atoms with Crippen LogP contribution in [0.3, 0.4) is 0 Å². The highest BCUT2D eigenvalue weighted by molar-refractivity contribution is 8.33. The Kier molecular flexibility index (Phi) is 7.64. The Bertz CT molecular complexity index is 1560. The molecule has 0 atom stereocenters. The minimum absolute atomic E-state index is 0.150. The van der Waals surface area contributed by atoms with Crippen molar-refractivity contribution in [2.24, 2.45) is 0 Å². The lowest BCUT2D eigenvalue weighted by atomic mass is 10.1. The molecule has 4 aromatic carbocycles. The Labute approximate surface area is 221 Å². The molecule has 0 amide bonds. The van der Waals surface area contributed by atoms with Crippen molar-refractivity contribution in [2.45, 2.75) is 40.4 Å². The Balaban J connectivity index is 2.07. The topological polar surface area (TPSA) is 77.5 Å². The lowest BCUT2D eigenvalue weighted by Gasteiger charge is -2.39. The van der Waals surface area contributed by atoms with Gasteiger partial charge in [-0.05, 0) is 79.6 Å². The van der Waals surface area contributed by atoms with E-state index < -0.39 is 32.1 Å². The molecule has 0 aliphatic heterocycles. The van der Waals surface area contributed by atoms with E-state index in [0.29, 0.717) is 17.2 Å². The number of Topliss-reactive ketones (excluding diaryl/α,β-unsaturated/α-hetero) is 2. The predicted molar refractivity (Wildman–Crippen MR) is 141 cm³/mol. The summed E-state index contributed by atoms with van der Waals surface area (Å²) < 4.78 is 63.0. The zero-order valence-electron chi connectivity index (χ0n) is 20.8. The molecule has 0 bridgehead atoms. The van der Waals surface area contributed by atoms with Crippen LogP contribution in [0.4, 0.5) is 8.78 Å². The first-order valence-corrected chi connectivity index (χ1v) is 14.4. The first kappa shape index (κ1) is 27.4. The molecule has 0 saturated carbocycles. The monoisotopic (exact) mass is 554 g/mol. The number of rotatable bonds is 8. The standard InChI is InChI=1S/C29H24F2O5S2/c1-19-4-11-27(12-5-19)38(34,35)36-37(29-17-10-24(30)18-28(29)31,25-13-6-22(7-14-25)20(2)32)26-15-8-23(9-16-26)21(3)33/h4-18H,1-3H3. The van der Waals surface area contributed by atoms with Gasteiger partial charge >= 0.3 is 10.1 Å². The maximum absolute atomic E-state index is 15.6. The minimum Gasteiger partial charge on any atom is -0.295 e. The van der Waals surface area contributed by atoms with E-state index in [1.54, 1.807) is 19.1 Å². The van der Waals surface area contributed by atoms with Crippen LogP contribution in [-0.2, 0) is 13.7 Å². The van der Waals surface area contributed by atoms with Gasteiger partial charge in [-0.3, -0.25) is 9.59 Å². The molecule has 38 heavy (non-hydrogen) atoms. The van der Waals surface area contributed by atoms with Crippen LogP contribution in [0.25, 0.3) is 0 Å². The zero-order chi connectivity index (χ0) is 27.7. The van der Waals surface area contributed by atoms with Crippen LogP contribution in [0, 0.1) is 18.6 Å². The van der Waals surface area contributed by atoms with E-state index in [1.165, 1.54) is 74.5 Å². The summed E-state index contributed by atoms with van der Waals surface area (Å²) in [5.74, 6) is -2.29. The van der Waals surface area contributed by atoms with E-state index in [-0.39, 0.29) is 31.1 Å². The van der Waals surface area contributed by atoms with Crippen LogP contribution >= 0.6 is 10.3 Å². The van der Waals surface area contributed by atoms with Gasteiger partial charge in [-0.2, -0.15) is 8.42 Å². The van der Waals surface area contributed by atoms with Crippen molar-refractivity contribution in [3.8, 4) is 0 Å². The van der Waals surface area contributed by atoms with Crippen LogP contribution in [0.15, 0.2) is 111 Å². The summed E-state index contributed by atoms with van der Waals surface area (Å²) in [6.07, 6.45) is 0. The van der Waals surface area contributed by atoms with Crippen LogP contribution in [0.2, 0.25) is 0 Å². The molecular weight excluding hydrogens is 530 g/mol. The molecule has 0 aromatic heterocycles. The van der Waals surface area contributed by atoms with Crippen LogP contribution < -0.4 is 0 Å². The number of aryl methyl sites for hydroxylation is 1. The van der Waals surface area contributed by atoms with E-state index in [9.17, 15) is 22.4 Å². The number of carbonyl (C=O) groups excluding carboxylic acids is 2. The minimum atomic E-state index is -4.52. The van der Waals surface area contributed by atoms with E-state index >= 15 is 4.39 Å². The smallest absolute Gasteiger partial charge is 0.295 e. The zero-order valence-corrected chi connectivity index (χ0v) is 22.4. The maximum atomic E-state index is 15.6. The summed E-state index contributed by atoms with van der Waals surface area (Å²) in [4.78, 5) is 24.0. The third kappa shape index (κ3) is 5.31. The predicted octanol–water partition coefficient (Wildman–Crippen LogP) is 7.28. The molecule has 0 heterocycles. The third-order valence-corrected chi connectivity index (χ3v) is 11.1. The summed E-state index contributed by atoms with van der Waals surface area (Å²) in [6, 6.07) is 20.8. The first-order valence-electron chi connectivity index (χ1n) is 11.5. The molecule has 9 heteroatoms. The van der Waals surface area contributed by atoms with E-state index in [2.05, 4.69) is 0 Å². The molecular formula is C29H24F2O5S2. The average Bonchev–Trinajstić information content (AvgIpc) is 2.88. The van der Waals surface area contributed by atoms with Crippen molar-refractivity contribution in [3.63, 3.8) is 0 Å². The van der Waals surface area contributed by atoms with Gasteiger partial charge in [0, 0.05) is 27.0 Å². The molecule has 196 valence electrons. The Hall–Kier alpha value is -3.66. The second-order valence-electron chi connectivity index (χ2n) is 8.63. The van der Waals surface area contributed by atoms with Gasteiger partial charge in [0.2, 0.25) is 0 Å². The van der Waals surface area contributed by atoms with Crippen LogP contribution in [-0.4, -0.2) is 20.0 Å². The van der Waals surface area contributed by atoms with E-state index in [0.717, 1.165) is 17.7 Å². The van der Waals surface area contributed by atoms with Crippen molar-refractivity contribution in [1.29, 1.82) is 0 Å². The van der Waals surface area contributed by atoms with Crippen molar-refractivity contribution >= 4 is 32.0 Å². The molecule has 0 N–H and O–H groups in total. The fraction of sp³-hybridized carbons (Fsp3) is 0.103. The van der Waals surface area contributed by atoms with Gasteiger partial charge in [-0.1, -0.05) is 42.0 Å². The van der Waals surface area contributed by atoms with Crippen molar-refractivity contribution < 1.29 is 30.4 Å². The van der Waals surface area contributed by atoms with E-state index in [1.807, 2.05) is 0 Å². The normalized spacial score (nSPS) is 12.2. The average molecular weight is 555 g/mol. The second kappa shape index (κ2) is 10.6. The molecule has 0 fully saturated rings. The summed E-state index contributed by atoms with van der Waals surface area (Å²) in [6.45, 7) is 4.56. The summed E-state index contributed by atoms with van der Waals surface area (Å²) in [7, 11) is -7.95. The number of carbonyl (C=O) groups is 2. The van der Waals surface area contributed by atoms with Crippen LogP contribution in [0.1, 0.15) is 40.1 Å².